The largest absolute Gasteiger partial charge is 0.207 e. The van der Waals surface area contributed by atoms with Gasteiger partial charge in [0.1, 0.15) is 23.3 Å². The molecule has 0 bridgehead atoms. The van der Waals surface area contributed by atoms with Crippen molar-refractivity contribution in [3.63, 3.8) is 0 Å². The van der Waals surface area contributed by atoms with E-state index in [1.165, 1.54) is 0 Å². The maximum Gasteiger partial charge on any atom is 0.200 e. The van der Waals surface area contributed by atoms with Gasteiger partial charge in [0, 0.05) is 5.56 Å². The summed E-state index contributed by atoms with van der Waals surface area (Å²) in [4.78, 5) is 0. The molecule has 0 saturated heterocycles. The van der Waals surface area contributed by atoms with E-state index in [0.717, 1.165) is 0 Å². The monoisotopic (exact) mass is 703 g/mol. The molecule has 4 aromatic carbocycles. The molecule has 0 spiro atoms. The third kappa shape index (κ3) is 5.06. The first kappa shape index (κ1) is 35.5. The summed E-state index contributed by atoms with van der Waals surface area (Å²) in [6.07, 6.45) is -11.4. The fraction of sp³-hybridized carbons (Fsp3) is 0.111. The van der Waals surface area contributed by atoms with Crippen LogP contribution in [0.1, 0.15) is 16.7 Å². The van der Waals surface area contributed by atoms with Gasteiger partial charge in [-0.05, 0) is 18.1 Å². The van der Waals surface area contributed by atoms with E-state index in [9.17, 15) is 57.1 Å². The average Bonchev–Trinajstić information content (AvgIpc) is 3.04. The summed E-state index contributed by atoms with van der Waals surface area (Å²) in [6.45, 7) is 0.349. The molecule has 47 heavy (non-hydrogen) atoms. The van der Waals surface area contributed by atoms with Gasteiger partial charge in [-0.3, -0.25) is 0 Å². The smallest absolute Gasteiger partial charge is 0.200 e. The molecule has 4 rings (SSSR count). The van der Waals surface area contributed by atoms with Crippen LogP contribution in [0.25, 0.3) is 0 Å². The summed E-state index contributed by atoms with van der Waals surface area (Å²) in [7, 11) is 0. The van der Waals surface area contributed by atoms with E-state index in [1.807, 2.05) is 0 Å². The second-order valence-electron chi connectivity index (χ2n) is 10.0. The lowest BCUT2D eigenvalue weighted by atomic mass is 9.14. The molecule has 252 valence electrons. The van der Waals surface area contributed by atoms with Gasteiger partial charge in [-0.15, -0.1) is 23.6 Å². The van der Waals surface area contributed by atoms with Crippen molar-refractivity contribution in [2.45, 2.75) is 19.6 Å². The molecule has 0 saturated carbocycles. The predicted molar refractivity (Wildman–Crippen MR) is 122 cm³/mol. The second kappa shape index (κ2) is 12.0. The van der Waals surface area contributed by atoms with Crippen LogP contribution in [0, 0.1) is 117 Å². The first-order valence-electron chi connectivity index (χ1n) is 12.2. The van der Waals surface area contributed by atoms with E-state index >= 15 is 26.3 Å². The standard InChI is InChI=1S/C27H7BF19/c1-4-9(29)11(31)5(12(32)10(4)30)2-28(7-15(35)21(41)26(46)22(42)16(7)36,8-17(37)23(43)27(47)24(44)18(8)38)3-6-13(33)19(39)25(45)20(40)14(6)34/h2-3H2,1H3/q-1. The fourth-order valence-corrected chi connectivity index (χ4v) is 5.33. The zero-order valence-corrected chi connectivity index (χ0v) is 22.2. The molecule has 0 aliphatic carbocycles. The molecule has 0 radical (unpaired) electrons. The molecular weight excluding hydrogens is 696 g/mol. The van der Waals surface area contributed by atoms with Gasteiger partial charge in [0.05, 0.1) is 6.15 Å². The Bertz CT molecular complexity index is 1750. The molecule has 0 amide bonds. The van der Waals surface area contributed by atoms with Crippen molar-refractivity contribution in [1.29, 1.82) is 0 Å². The lowest BCUT2D eigenvalue weighted by Crippen LogP contribution is -2.68. The van der Waals surface area contributed by atoms with Gasteiger partial charge >= 0.3 is 0 Å². The molecule has 0 fully saturated rings. The van der Waals surface area contributed by atoms with Crippen LogP contribution in [0.4, 0.5) is 83.4 Å². The number of hydrogen-bond acceptors (Lipinski definition) is 0. The summed E-state index contributed by atoms with van der Waals surface area (Å²) < 4.78 is 279. The first-order valence-corrected chi connectivity index (χ1v) is 12.2. The molecule has 0 N–H and O–H groups in total. The maximum atomic E-state index is 15.4. The first-order chi connectivity index (χ1) is 21.6. The summed E-state index contributed by atoms with van der Waals surface area (Å²) in [5.74, 6) is -57.7. The Kier molecular flexibility index (Phi) is 9.06. The molecule has 0 atom stereocenters. The molecule has 0 heterocycles. The molecule has 0 aliphatic heterocycles. The summed E-state index contributed by atoms with van der Waals surface area (Å²) in [5.41, 5.74) is -12.2. The summed E-state index contributed by atoms with van der Waals surface area (Å²) >= 11 is 0. The van der Waals surface area contributed by atoms with Crippen LogP contribution in [0.2, 0.25) is 0 Å². The molecule has 0 aliphatic rings. The Hall–Kier alpha value is -4.39. The quantitative estimate of drug-likeness (QED) is 0.0835. The molecule has 0 unspecified atom stereocenters. The van der Waals surface area contributed by atoms with Gasteiger partial charge in [0.15, 0.2) is 81.4 Å². The van der Waals surface area contributed by atoms with Crippen molar-refractivity contribution in [2.24, 2.45) is 0 Å². The average molecular weight is 703 g/mol. The van der Waals surface area contributed by atoms with Gasteiger partial charge in [0.25, 0.3) is 0 Å². The lowest BCUT2D eigenvalue weighted by molar-refractivity contribution is 0.371. The number of hydrogen-bond donors (Lipinski definition) is 0. The fourth-order valence-electron chi connectivity index (χ4n) is 5.33. The van der Waals surface area contributed by atoms with Crippen molar-refractivity contribution in [3.8, 4) is 0 Å². The van der Waals surface area contributed by atoms with Gasteiger partial charge in [0.2, 0.25) is 5.82 Å². The van der Waals surface area contributed by atoms with Crippen LogP contribution in [-0.4, -0.2) is 6.15 Å². The molecule has 20 heteroatoms. The number of benzene rings is 4. The van der Waals surface area contributed by atoms with E-state index in [0.29, 0.717) is 6.92 Å². The molecular formula is C27H7BF19-. The van der Waals surface area contributed by atoms with E-state index in [1.54, 1.807) is 0 Å². The van der Waals surface area contributed by atoms with E-state index in [2.05, 4.69) is 0 Å². The minimum Gasteiger partial charge on any atom is -0.207 e. The summed E-state index contributed by atoms with van der Waals surface area (Å²) in [5, 5.41) is 0. The number of rotatable bonds is 6. The van der Waals surface area contributed by atoms with Crippen LogP contribution in [-0.2, 0) is 12.6 Å². The zero-order valence-electron chi connectivity index (χ0n) is 22.2. The Morgan fingerprint density at radius 3 is 0.723 bits per heavy atom. The van der Waals surface area contributed by atoms with Gasteiger partial charge in [-0.25, -0.2) is 83.4 Å². The zero-order chi connectivity index (χ0) is 35.8. The Morgan fingerprint density at radius 2 is 0.468 bits per heavy atom. The van der Waals surface area contributed by atoms with Crippen molar-refractivity contribution in [2.75, 3.05) is 0 Å². The van der Waals surface area contributed by atoms with Crippen molar-refractivity contribution in [1.82, 2.24) is 0 Å². The molecule has 4 aromatic rings. The van der Waals surface area contributed by atoms with Gasteiger partial charge in [-0.1, -0.05) is 0 Å². The minimum absolute atomic E-state index is 0.349. The Labute approximate surface area is 248 Å². The Balaban J connectivity index is 2.41. The van der Waals surface area contributed by atoms with Crippen molar-refractivity contribution >= 4 is 17.1 Å². The minimum atomic E-state index is -5.88. The predicted octanol–water partition coefficient (Wildman–Crippen LogP) is 7.76. The normalized spacial score (nSPS) is 12.0. The highest BCUT2D eigenvalue weighted by Gasteiger charge is 2.46. The number of halogens is 19. The highest BCUT2D eigenvalue weighted by Crippen LogP contribution is 2.34. The topological polar surface area (TPSA) is 0 Å². The van der Waals surface area contributed by atoms with Crippen molar-refractivity contribution in [3.05, 3.63) is 127 Å². The van der Waals surface area contributed by atoms with Crippen LogP contribution in [0.15, 0.2) is 0 Å². The second-order valence-corrected chi connectivity index (χ2v) is 10.0. The van der Waals surface area contributed by atoms with Gasteiger partial charge < -0.3 is 0 Å². The lowest BCUT2D eigenvalue weighted by Gasteiger charge is -2.43. The Morgan fingerprint density at radius 1 is 0.277 bits per heavy atom. The molecule has 0 nitrogen and oxygen atoms in total. The van der Waals surface area contributed by atoms with E-state index in [-0.39, 0.29) is 0 Å². The summed E-state index contributed by atoms with van der Waals surface area (Å²) in [6, 6.07) is 0. The van der Waals surface area contributed by atoms with E-state index in [4.69, 9.17) is 0 Å². The third-order valence-electron chi connectivity index (χ3n) is 7.57. The van der Waals surface area contributed by atoms with Crippen LogP contribution >= 0.6 is 0 Å². The molecule has 0 aromatic heterocycles. The highest BCUT2D eigenvalue weighted by molar-refractivity contribution is 7.01. The SMILES string of the molecule is Cc1c(F)c(F)c(C[B-](Cc2c(F)c(F)c(F)c(F)c2F)(c2c(F)c(F)c(F)c(F)c2F)c2c(F)c(F)c(F)c(F)c2F)c(F)c1F. The highest BCUT2D eigenvalue weighted by atomic mass is 19.2. The van der Waals surface area contributed by atoms with Gasteiger partial charge in [-0.2, -0.15) is 0 Å². The van der Waals surface area contributed by atoms with Crippen LogP contribution in [0.5, 0.6) is 0 Å². The van der Waals surface area contributed by atoms with Crippen molar-refractivity contribution < 1.29 is 83.4 Å². The maximum absolute atomic E-state index is 15.4. The van der Waals surface area contributed by atoms with Crippen LogP contribution in [0.3, 0.4) is 0 Å². The third-order valence-corrected chi connectivity index (χ3v) is 7.57. The van der Waals surface area contributed by atoms with E-state index < -0.39 is 157 Å². The van der Waals surface area contributed by atoms with Crippen LogP contribution < -0.4 is 10.9 Å².